The summed E-state index contributed by atoms with van der Waals surface area (Å²) in [7, 11) is 0. The van der Waals surface area contributed by atoms with E-state index < -0.39 is 27.9 Å². The van der Waals surface area contributed by atoms with Gasteiger partial charge in [-0.15, -0.1) is 4.31 Å². The van der Waals surface area contributed by atoms with Crippen LogP contribution in [-0.2, 0) is 11.3 Å². The first-order valence-corrected chi connectivity index (χ1v) is 3.80. The number of alkyl halides is 3. The minimum Gasteiger partial charge on any atom is -0.293 e. The van der Waals surface area contributed by atoms with Crippen LogP contribution in [0.15, 0.2) is 0 Å². The number of halogens is 3. The van der Waals surface area contributed by atoms with Crippen molar-refractivity contribution in [2.24, 2.45) is 0 Å². The van der Waals surface area contributed by atoms with Gasteiger partial charge >= 0.3 is 6.30 Å². The molecule has 0 aromatic carbocycles. The van der Waals surface area contributed by atoms with Crippen LogP contribution in [0.2, 0.25) is 0 Å². The van der Waals surface area contributed by atoms with E-state index in [0.717, 1.165) is 0 Å². The Balaban J connectivity index is 4.49. The van der Waals surface area contributed by atoms with Gasteiger partial charge in [0.1, 0.15) is 0 Å². The summed E-state index contributed by atoms with van der Waals surface area (Å²) in [4.78, 5) is 0. The lowest BCUT2D eigenvalue weighted by molar-refractivity contribution is -0.218. The Bertz CT molecular complexity index is 158. The molecule has 0 radical (unpaired) electrons. The van der Waals surface area contributed by atoms with Gasteiger partial charge < -0.3 is 0 Å². The van der Waals surface area contributed by atoms with E-state index in [-0.39, 0.29) is 0 Å². The molecule has 11 heavy (non-hydrogen) atoms. The Kier molecular flexibility index (Phi) is 3.46. The molecular weight excluding hydrogens is 183 g/mol. The van der Waals surface area contributed by atoms with Crippen molar-refractivity contribution in [2.45, 2.75) is 26.2 Å². The van der Waals surface area contributed by atoms with Gasteiger partial charge in [-0.05, 0) is 13.8 Å². The minimum atomic E-state index is -4.76. The third-order valence-electron chi connectivity index (χ3n) is 0.887. The van der Waals surface area contributed by atoms with Crippen LogP contribution in [0.1, 0.15) is 13.8 Å². The van der Waals surface area contributed by atoms with E-state index in [1.54, 1.807) is 0 Å². The fourth-order valence-corrected chi connectivity index (χ4v) is 1.10. The molecule has 7 heteroatoms. The second-order valence-electron chi connectivity index (χ2n) is 2.12. The molecule has 0 amide bonds. The molecule has 1 unspecified atom stereocenters. The highest BCUT2D eigenvalue weighted by Crippen LogP contribution is 2.24. The van der Waals surface area contributed by atoms with Gasteiger partial charge in [-0.1, -0.05) is 0 Å². The van der Waals surface area contributed by atoms with Crippen molar-refractivity contribution < 1.29 is 21.9 Å². The van der Waals surface area contributed by atoms with E-state index in [0.29, 0.717) is 0 Å². The Morgan fingerprint density at radius 3 is 1.82 bits per heavy atom. The van der Waals surface area contributed by atoms with Gasteiger partial charge in [0.25, 0.3) is 0 Å². The summed E-state index contributed by atoms with van der Waals surface area (Å²) < 4.78 is 53.2. The topological polar surface area (TPSA) is 40.5 Å². The van der Waals surface area contributed by atoms with E-state index in [4.69, 9.17) is 4.55 Å². The van der Waals surface area contributed by atoms with Gasteiger partial charge in [0.2, 0.25) is 11.3 Å². The number of hydrogen-bond donors (Lipinski definition) is 1. The van der Waals surface area contributed by atoms with Gasteiger partial charge in [0.15, 0.2) is 0 Å². The molecule has 0 heterocycles. The Hall–Kier alpha value is -0.140. The second-order valence-corrected chi connectivity index (χ2v) is 2.97. The molecule has 0 aliphatic rings. The van der Waals surface area contributed by atoms with Crippen LogP contribution in [0.5, 0.6) is 0 Å². The zero-order chi connectivity index (χ0) is 9.23. The van der Waals surface area contributed by atoms with Crippen molar-refractivity contribution in [2.75, 3.05) is 0 Å². The van der Waals surface area contributed by atoms with E-state index in [1.165, 1.54) is 13.8 Å². The first kappa shape index (κ1) is 10.9. The second kappa shape index (κ2) is 3.51. The van der Waals surface area contributed by atoms with Crippen molar-refractivity contribution in [1.29, 1.82) is 0 Å². The predicted octanol–water partition coefficient (Wildman–Crippen LogP) is 1.35. The lowest BCUT2D eigenvalue weighted by Gasteiger charge is -2.23. The standard InChI is InChI=1S/C4H8F3NO2S/c1-3(2)8(11(9)10)4(5,6)7/h3H,1-2H3,(H,9,10). The molecule has 3 nitrogen and oxygen atoms in total. The molecule has 0 bridgehead atoms. The zero-order valence-corrected chi connectivity index (χ0v) is 6.74. The van der Waals surface area contributed by atoms with Crippen LogP contribution in [0.3, 0.4) is 0 Å². The van der Waals surface area contributed by atoms with Crippen LogP contribution in [0, 0.1) is 0 Å². The minimum absolute atomic E-state index is 0.451. The van der Waals surface area contributed by atoms with Crippen molar-refractivity contribution >= 4 is 11.3 Å². The van der Waals surface area contributed by atoms with Crippen molar-refractivity contribution in [3.63, 3.8) is 0 Å². The molecule has 0 fully saturated rings. The number of rotatable bonds is 2. The van der Waals surface area contributed by atoms with Gasteiger partial charge in [-0.2, -0.15) is 13.2 Å². The van der Waals surface area contributed by atoms with Gasteiger partial charge in [-0.25, -0.2) is 4.21 Å². The summed E-state index contributed by atoms with van der Waals surface area (Å²) in [6.45, 7) is 2.36. The average Bonchev–Trinajstić information content (AvgIpc) is 1.54. The highest BCUT2D eigenvalue weighted by molar-refractivity contribution is 7.76. The van der Waals surface area contributed by atoms with Gasteiger partial charge in [0, 0.05) is 6.04 Å². The summed E-state index contributed by atoms with van der Waals surface area (Å²) in [5, 5.41) is 0. The molecule has 1 atom stereocenters. The van der Waals surface area contributed by atoms with Crippen LogP contribution in [0.25, 0.3) is 0 Å². The van der Waals surface area contributed by atoms with Crippen LogP contribution < -0.4 is 0 Å². The largest absolute Gasteiger partial charge is 0.473 e. The highest BCUT2D eigenvalue weighted by atomic mass is 32.2. The molecule has 0 saturated heterocycles. The van der Waals surface area contributed by atoms with E-state index >= 15 is 0 Å². The fraction of sp³-hybridized carbons (Fsp3) is 1.00. The molecule has 0 aliphatic carbocycles. The molecule has 0 aromatic rings. The summed E-state index contributed by atoms with van der Waals surface area (Å²) in [6, 6.07) is -1.04. The Labute approximate surface area is 64.6 Å². The van der Waals surface area contributed by atoms with Crippen LogP contribution in [-0.4, -0.2) is 25.4 Å². The van der Waals surface area contributed by atoms with E-state index in [1.807, 2.05) is 0 Å². The first-order valence-electron chi connectivity index (χ1n) is 2.74. The number of nitrogens with zero attached hydrogens (tertiary/aromatic N) is 1. The predicted molar refractivity (Wildman–Crippen MR) is 33.8 cm³/mol. The molecule has 0 rings (SSSR count). The van der Waals surface area contributed by atoms with Crippen LogP contribution in [0.4, 0.5) is 13.2 Å². The fourth-order valence-electron chi connectivity index (χ4n) is 0.562. The Morgan fingerprint density at radius 1 is 1.45 bits per heavy atom. The third-order valence-corrected chi connectivity index (χ3v) is 1.85. The monoisotopic (exact) mass is 191 g/mol. The van der Waals surface area contributed by atoms with Gasteiger partial charge in [0.05, 0.1) is 0 Å². The summed E-state index contributed by atoms with van der Waals surface area (Å²) in [5.74, 6) is 0. The normalized spacial score (nSPS) is 16.0. The smallest absolute Gasteiger partial charge is 0.293 e. The van der Waals surface area contributed by atoms with Gasteiger partial charge in [-0.3, -0.25) is 4.55 Å². The van der Waals surface area contributed by atoms with Crippen molar-refractivity contribution in [1.82, 2.24) is 4.31 Å². The van der Waals surface area contributed by atoms with E-state index in [2.05, 4.69) is 0 Å². The van der Waals surface area contributed by atoms with Crippen molar-refractivity contribution in [3.8, 4) is 0 Å². The van der Waals surface area contributed by atoms with Crippen LogP contribution >= 0.6 is 0 Å². The maximum absolute atomic E-state index is 11.8. The molecule has 0 aliphatic heterocycles. The average molecular weight is 191 g/mol. The molecule has 1 N–H and O–H groups in total. The maximum Gasteiger partial charge on any atom is 0.473 e. The molecule has 0 spiro atoms. The molecule has 68 valence electrons. The molecule has 0 saturated carbocycles. The summed E-state index contributed by atoms with van der Waals surface area (Å²) in [6.07, 6.45) is -4.76. The lowest BCUT2D eigenvalue weighted by atomic mass is 10.4. The SMILES string of the molecule is CC(C)N(S(=O)O)C(F)(F)F. The van der Waals surface area contributed by atoms with E-state index in [9.17, 15) is 17.4 Å². The Morgan fingerprint density at radius 2 is 1.82 bits per heavy atom. The highest BCUT2D eigenvalue weighted by Gasteiger charge is 2.43. The quantitative estimate of drug-likeness (QED) is 0.528. The van der Waals surface area contributed by atoms with Crippen molar-refractivity contribution in [3.05, 3.63) is 0 Å². The lowest BCUT2D eigenvalue weighted by Crippen LogP contribution is -2.43. The first-order chi connectivity index (χ1) is 4.76. The third kappa shape index (κ3) is 3.17. The summed E-state index contributed by atoms with van der Waals surface area (Å²) in [5.41, 5.74) is 0. The zero-order valence-electron chi connectivity index (χ0n) is 5.92. The number of hydrogen-bond acceptors (Lipinski definition) is 1. The molecule has 0 aromatic heterocycles. The summed E-state index contributed by atoms with van der Waals surface area (Å²) >= 11 is -2.99. The molecular formula is C4H8F3NO2S. The maximum atomic E-state index is 11.8.